The minimum absolute atomic E-state index is 0.0635. The number of nitrogens with one attached hydrogen (secondary N) is 1. The average molecular weight is 167 g/mol. The van der Waals surface area contributed by atoms with Gasteiger partial charge in [-0.05, 0) is 0 Å². The Morgan fingerprint density at radius 3 is 2.17 bits per heavy atom. The van der Waals surface area contributed by atoms with E-state index in [9.17, 15) is 0 Å². The van der Waals surface area contributed by atoms with Gasteiger partial charge in [0.1, 0.15) is 23.2 Å². The number of hydrogen-bond acceptors (Lipinski definition) is 3. The molecule has 0 radical (unpaired) electrons. The Balaban J connectivity index is 5.05. The molecule has 0 aromatic rings. The van der Waals surface area contributed by atoms with Crippen LogP contribution in [0.3, 0.4) is 0 Å². The van der Waals surface area contributed by atoms with Crippen LogP contribution < -0.4 is 5.73 Å². The third-order valence-corrected chi connectivity index (χ3v) is 1.37. The topological polar surface area (TPSA) is 82.9 Å². The molecular formula is C8H13N3O. The summed E-state index contributed by atoms with van der Waals surface area (Å²) in [6.45, 7) is 3.75. The Labute approximate surface area is 72.1 Å². The van der Waals surface area contributed by atoms with E-state index in [1.807, 2.05) is 19.9 Å². The Bertz CT molecular complexity index is 248. The highest BCUT2D eigenvalue weighted by molar-refractivity contribution is 5.98. The molecule has 3 N–H and O–H groups in total. The highest BCUT2D eigenvalue weighted by Crippen LogP contribution is 2.14. The highest BCUT2D eigenvalue weighted by Gasteiger charge is 2.13. The Kier molecular flexibility index (Phi) is 3.84. The molecule has 0 heterocycles. The fourth-order valence-electron chi connectivity index (χ4n) is 0.874. The Morgan fingerprint density at radius 1 is 1.58 bits per heavy atom. The lowest BCUT2D eigenvalue weighted by atomic mass is 10.1. The maximum Gasteiger partial charge on any atom is 0.137 e. The number of nitrogens with two attached hydrogens (primary N) is 1. The fraction of sp³-hybridized carbons (Fsp3) is 0.500. The lowest BCUT2D eigenvalue weighted by Gasteiger charge is -2.11. The van der Waals surface area contributed by atoms with Crippen molar-refractivity contribution in [2.24, 2.45) is 11.7 Å². The molecule has 0 aromatic heterocycles. The van der Waals surface area contributed by atoms with Gasteiger partial charge in [0.15, 0.2) is 0 Å². The molecular weight excluding hydrogens is 154 g/mol. The van der Waals surface area contributed by atoms with Gasteiger partial charge in [-0.15, -0.1) is 0 Å². The van der Waals surface area contributed by atoms with Crippen molar-refractivity contribution in [1.29, 1.82) is 10.7 Å². The van der Waals surface area contributed by atoms with E-state index in [0.717, 1.165) is 0 Å². The number of nitriles is 1. The van der Waals surface area contributed by atoms with Gasteiger partial charge < -0.3 is 10.5 Å². The van der Waals surface area contributed by atoms with Crippen LogP contribution in [0.1, 0.15) is 13.8 Å². The predicted molar refractivity (Wildman–Crippen MR) is 46.4 cm³/mol. The summed E-state index contributed by atoms with van der Waals surface area (Å²) in [5, 5.41) is 15.7. The molecule has 0 aliphatic carbocycles. The number of hydrogen-bond donors (Lipinski definition) is 2. The van der Waals surface area contributed by atoms with E-state index < -0.39 is 0 Å². The van der Waals surface area contributed by atoms with Gasteiger partial charge in [-0.3, -0.25) is 5.41 Å². The second kappa shape index (κ2) is 4.39. The number of methoxy groups -OCH3 is 1. The van der Waals surface area contributed by atoms with Crippen LogP contribution in [0.5, 0.6) is 0 Å². The van der Waals surface area contributed by atoms with E-state index in [1.54, 1.807) is 0 Å². The van der Waals surface area contributed by atoms with Crippen molar-refractivity contribution >= 4 is 5.84 Å². The van der Waals surface area contributed by atoms with E-state index >= 15 is 0 Å². The van der Waals surface area contributed by atoms with Crippen LogP contribution in [0.2, 0.25) is 0 Å². The molecule has 4 nitrogen and oxygen atoms in total. The van der Waals surface area contributed by atoms with Crippen LogP contribution >= 0.6 is 0 Å². The lowest BCUT2D eigenvalue weighted by Crippen LogP contribution is -2.16. The predicted octanol–water partition coefficient (Wildman–Crippen LogP) is 1.00. The van der Waals surface area contributed by atoms with Gasteiger partial charge in [-0.1, -0.05) is 13.8 Å². The van der Waals surface area contributed by atoms with Crippen LogP contribution in [0, 0.1) is 22.7 Å². The van der Waals surface area contributed by atoms with Gasteiger partial charge in [0.05, 0.1) is 7.11 Å². The standard InChI is InChI=1S/C8H13N3O/c1-5(2)7(12-3)6(4-9)8(10)11/h5H,1-3H3,(H3,10,11)/b7-6-. The SMILES string of the molecule is CO/C(=C(/C#N)C(=N)N)C(C)C. The molecule has 0 unspecified atom stereocenters. The van der Waals surface area contributed by atoms with Crippen molar-refractivity contribution < 1.29 is 4.74 Å². The normalized spacial score (nSPS) is 11.9. The summed E-state index contributed by atoms with van der Waals surface area (Å²) >= 11 is 0. The third-order valence-electron chi connectivity index (χ3n) is 1.37. The first-order valence-electron chi connectivity index (χ1n) is 3.57. The number of rotatable bonds is 3. The fourth-order valence-corrected chi connectivity index (χ4v) is 0.874. The number of allylic oxidation sites excluding steroid dienone is 1. The van der Waals surface area contributed by atoms with Crippen molar-refractivity contribution in [2.75, 3.05) is 7.11 Å². The van der Waals surface area contributed by atoms with E-state index in [-0.39, 0.29) is 17.3 Å². The Morgan fingerprint density at radius 2 is 2.08 bits per heavy atom. The number of nitrogens with zero attached hydrogens (tertiary/aromatic N) is 1. The van der Waals surface area contributed by atoms with E-state index in [0.29, 0.717) is 5.76 Å². The first-order chi connectivity index (χ1) is 5.54. The van der Waals surface area contributed by atoms with E-state index in [2.05, 4.69) is 0 Å². The molecule has 12 heavy (non-hydrogen) atoms. The monoisotopic (exact) mass is 167 g/mol. The van der Waals surface area contributed by atoms with Crippen molar-refractivity contribution in [2.45, 2.75) is 13.8 Å². The summed E-state index contributed by atoms with van der Waals surface area (Å²) < 4.78 is 4.96. The van der Waals surface area contributed by atoms with Crippen molar-refractivity contribution in [3.63, 3.8) is 0 Å². The quantitative estimate of drug-likeness (QED) is 0.285. The van der Waals surface area contributed by atoms with Crippen molar-refractivity contribution in [3.8, 4) is 6.07 Å². The molecule has 0 aliphatic rings. The molecule has 0 saturated carbocycles. The van der Waals surface area contributed by atoms with E-state index in [1.165, 1.54) is 7.11 Å². The first kappa shape index (κ1) is 10.5. The maximum absolute atomic E-state index is 8.64. The lowest BCUT2D eigenvalue weighted by molar-refractivity contribution is 0.252. The van der Waals surface area contributed by atoms with Gasteiger partial charge in [0, 0.05) is 5.92 Å². The van der Waals surface area contributed by atoms with Gasteiger partial charge in [-0.25, -0.2) is 0 Å². The zero-order chi connectivity index (χ0) is 9.72. The molecule has 66 valence electrons. The molecule has 4 heteroatoms. The highest BCUT2D eigenvalue weighted by atomic mass is 16.5. The molecule has 0 fully saturated rings. The van der Waals surface area contributed by atoms with Crippen molar-refractivity contribution in [1.82, 2.24) is 0 Å². The van der Waals surface area contributed by atoms with Crippen LogP contribution in [0.25, 0.3) is 0 Å². The van der Waals surface area contributed by atoms with E-state index in [4.69, 9.17) is 21.1 Å². The molecule has 0 spiro atoms. The summed E-state index contributed by atoms with van der Waals surface area (Å²) in [5.41, 5.74) is 5.30. The number of ether oxygens (including phenoxy) is 1. The van der Waals surface area contributed by atoms with Gasteiger partial charge in [0.25, 0.3) is 0 Å². The zero-order valence-corrected chi connectivity index (χ0v) is 7.51. The number of amidine groups is 1. The van der Waals surface area contributed by atoms with Crippen molar-refractivity contribution in [3.05, 3.63) is 11.3 Å². The minimum Gasteiger partial charge on any atom is -0.499 e. The van der Waals surface area contributed by atoms with Crippen LogP contribution in [0.15, 0.2) is 11.3 Å². The summed E-state index contributed by atoms with van der Waals surface area (Å²) in [5.74, 6) is 0.279. The minimum atomic E-state index is -0.247. The molecule has 0 saturated heterocycles. The largest absolute Gasteiger partial charge is 0.499 e. The Hall–Kier alpha value is -1.50. The van der Waals surface area contributed by atoms with Gasteiger partial charge >= 0.3 is 0 Å². The molecule has 0 aromatic carbocycles. The van der Waals surface area contributed by atoms with Gasteiger partial charge in [-0.2, -0.15) is 5.26 Å². The summed E-state index contributed by atoms with van der Waals surface area (Å²) in [7, 11) is 1.47. The third kappa shape index (κ3) is 2.27. The first-order valence-corrected chi connectivity index (χ1v) is 3.57. The molecule has 0 bridgehead atoms. The molecule has 0 rings (SSSR count). The summed E-state index contributed by atoms with van der Waals surface area (Å²) in [6, 6.07) is 1.84. The maximum atomic E-state index is 8.64. The molecule has 0 amide bonds. The van der Waals surface area contributed by atoms with Gasteiger partial charge in [0.2, 0.25) is 0 Å². The van der Waals surface area contributed by atoms with Crippen LogP contribution in [-0.4, -0.2) is 12.9 Å². The molecule has 0 aliphatic heterocycles. The molecule has 0 atom stereocenters. The van der Waals surface area contributed by atoms with Crippen LogP contribution in [-0.2, 0) is 4.74 Å². The summed E-state index contributed by atoms with van der Waals surface area (Å²) in [4.78, 5) is 0. The zero-order valence-electron chi connectivity index (χ0n) is 7.51. The van der Waals surface area contributed by atoms with Crippen LogP contribution in [0.4, 0.5) is 0 Å². The smallest absolute Gasteiger partial charge is 0.137 e. The summed E-state index contributed by atoms with van der Waals surface area (Å²) in [6.07, 6.45) is 0. The average Bonchev–Trinajstić information content (AvgIpc) is 1.98. The second-order valence-corrected chi connectivity index (χ2v) is 2.62. The second-order valence-electron chi connectivity index (χ2n) is 2.62.